The van der Waals surface area contributed by atoms with Gasteiger partial charge in [0.05, 0.1) is 19.8 Å². The van der Waals surface area contributed by atoms with Crippen molar-refractivity contribution in [2.24, 2.45) is 0 Å². The molecule has 1 fully saturated rings. The number of terminal acetylenes is 1. The highest BCUT2D eigenvalue weighted by molar-refractivity contribution is 5.26. The van der Waals surface area contributed by atoms with Gasteiger partial charge >= 0.3 is 0 Å². The van der Waals surface area contributed by atoms with Gasteiger partial charge in [0.15, 0.2) is 6.29 Å². The van der Waals surface area contributed by atoms with E-state index in [-0.39, 0.29) is 24.9 Å². The molecule has 1 aliphatic rings. The van der Waals surface area contributed by atoms with Gasteiger partial charge in [0.1, 0.15) is 24.6 Å². The van der Waals surface area contributed by atoms with E-state index in [0.717, 1.165) is 17.7 Å². The van der Waals surface area contributed by atoms with E-state index in [9.17, 15) is 0 Å². The Morgan fingerprint density at radius 1 is 1.13 bits per heavy atom. The Hall–Kier alpha value is -1.58. The Morgan fingerprint density at radius 2 is 1.87 bits per heavy atom. The maximum atomic E-state index is 6.07. The molecular weight excluding hydrogens is 296 g/mol. The van der Waals surface area contributed by atoms with Gasteiger partial charge < -0.3 is 23.7 Å². The van der Waals surface area contributed by atoms with Gasteiger partial charge in [-0.05, 0) is 24.1 Å². The minimum atomic E-state index is -0.464. The first-order chi connectivity index (χ1) is 11.2. The maximum absolute atomic E-state index is 6.07. The standard InChI is InChI=1S/C18H24O5/c1-5-11-21-17-16(15(6-2)23-18(17)20-4)22-12-13-7-9-14(19-3)10-8-13/h1,7-10,15-18H,6,11-12H2,2-4H3/t15-,16-,17+,18-/m0/s1. The van der Waals surface area contributed by atoms with Gasteiger partial charge in [-0.1, -0.05) is 25.0 Å². The fourth-order valence-corrected chi connectivity index (χ4v) is 2.65. The summed E-state index contributed by atoms with van der Waals surface area (Å²) >= 11 is 0. The van der Waals surface area contributed by atoms with Crippen LogP contribution in [-0.2, 0) is 25.6 Å². The lowest BCUT2D eigenvalue weighted by molar-refractivity contribution is -0.160. The minimum absolute atomic E-state index is 0.0824. The van der Waals surface area contributed by atoms with E-state index in [2.05, 4.69) is 5.92 Å². The summed E-state index contributed by atoms with van der Waals surface area (Å²) in [7, 11) is 3.24. The highest BCUT2D eigenvalue weighted by Crippen LogP contribution is 2.29. The molecule has 0 radical (unpaired) electrons. The molecule has 126 valence electrons. The first-order valence-corrected chi connectivity index (χ1v) is 7.71. The van der Waals surface area contributed by atoms with Gasteiger partial charge in [0, 0.05) is 7.11 Å². The lowest BCUT2D eigenvalue weighted by Gasteiger charge is -2.23. The molecule has 23 heavy (non-hydrogen) atoms. The molecule has 1 saturated heterocycles. The van der Waals surface area contributed by atoms with E-state index in [1.165, 1.54) is 0 Å². The molecule has 0 N–H and O–H groups in total. The second-order valence-electron chi connectivity index (χ2n) is 5.29. The summed E-state index contributed by atoms with van der Waals surface area (Å²) in [5.74, 6) is 3.29. The Bertz CT molecular complexity index is 507. The molecule has 0 aromatic heterocycles. The van der Waals surface area contributed by atoms with Crippen LogP contribution < -0.4 is 4.74 Å². The lowest BCUT2D eigenvalue weighted by atomic mass is 10.1. The smallest absolute Gasteiger partial charge is 0.186 e. The van der Waals surface area contributed by atoms with Crippen molar-refractivity contribution in [1.29, 1.82) is 0 Å². The van der Waals surface area contributed by atoms with Crippen LogP contribution in [0.5, 0.6) is 5.75 Å². The van der Waals surface area contributed by atoms with Crippen molar-refractivity contribution in [2.45, 2.75) is 44.6 Å². The van der Waals surface area contributed by atoms with Gasteiger partial charge in [-0.25, -0.2) is 0 Å². The maximum Gasteiger partial charge on any atom is 0.186 e. The predicted octanol–water partition coefficient (Wildman–Crippen LogP) is 2.38. The second-order valence-corrected chi connectivity index (χ2v) is 5.29. The topological polar surface area (TPSA) is 46.2 Å². The van der Waals surface area contributed by atoms with Crippen LogP contribution in [-0.4, -0.2) is 45.4 Å². The number of hydrogen-bond acceptors (Lipinski definition) is 5. The number of benzene rings is 1. The quantitative estimate of drug-likeness (QED) is 0.688. The van der Waals surface area contributed by atoms with E-state index < -0.39 is 6.29 Å². The van der Waals surface area contributed by atoms with Crippen LogP contribution in [0.25, 0.3) is 0 Å². The third kappa shape index (κ3) is 4.46. The van der Waals surface area contributed by atoms with Crippen LogP contribution >= 0.6 is 0 Å². The first-order valence-electron chi connectivity index (χ1n) is 7.71. The van der Waals surface area contributed by atoms with E-state index in [4.69, 9.17) is 30.1 Å². The van der Waals surface area contributed by atoms with Crippen molar-refractivity contribution < 1.29 is 23.7 Å². The minimum Gasteiger partial charge on any atom is -0.497 e. The second kappa shape index (κ2) is 8.90. The molecule has 0 bridgehead atoms. The molecule has 0 saturated carbocycles. The Balaban J connectivity index is 2.01. The SMILES string of the molecule is C#CCO[C@H]1[C@@H](OC)O[C@@H](CC)[C@@H]1OCc1ccc(OC)cc1. The van der Waals surface area contributed by atoms with Gasteiger partial charge in [-0.15, -0.1) is 6.42 Å². The van der Waals surface area contributed by atoms with E-state index in [1.807, 2.05) is 31.2 Å². The van der Waals surface area contributed by atoms with Crippen LogP contribution in [0.3, 0.4) is 0 Å². The summed E-state index contributed by atoms with van der Waals surface area (Å²) in [6.07, 6.45) is 5.00. The number of ether oxygens (including phenoxy) is 5. The van der Waals surface area contributed by atoms with Crippen LogP contribution in [0.15, 0.2) is 24.3 Å². The van der Waals surface area contributed by atoms with Gasteiger partial charge in [-0.3, -0.25) is 0 Å². The highest BCUT2D eigenvalue weighted by atomic mass is 16.7. The van der Waals surface area contributed by atoms with Crippen molar-refractivity contribution in [3.8, 4) is 18.1 Å². The number of rotatable bonds is 8. The third-order valence-electron chi connectivity index (χ3n) is 3.86. The average molecular weight is 320 g/mol. The average Bonchev–Trinajstić information content (AvgIpc) is 2.95. The molecule has 1 aromatic rings. The van der Waals surface area contributed by atoms with Gasteiger partial charge in [0.2, 0.25) is 0 Å². The summed E-state index contributed by atoms with van der Waals surface area (Å²) in [6, 6.07) is 7.76. The monoisotopic (exact) mass is 320 g/mol. The van der Waals surface area contributed by atoms with Crippen LogP contribution in [0.1, 0.15) is 18.9 Å². The molecular formula is C18H24O5. The van der Waals surface area contributed by atoms with Crippen molar-refractivity contribution in [3.05, 3.63) is 29.8 Å². The van der Waals surface area contributed by atoms with Crippen LogP contribution in [0.4, 0.5) is 0 Å². The number of methoxy groups -OCH3 is 2. The fourth-order valence-electron chi connectivity index (χ4n) is 2.65. The summed E-state index contributed by atoms with van der Waals surface area (Å²) < 4.78 is 28.1. The van der Waals surface area contributed by atoms with Crippen molar-refractivity contribution in [1.82, 2.24) is 0 Å². The van der Waals surface area contributed by atoms with Gasteiger partial charge in [-0.2, -0.15) is 0 Å². The van der Waals surface area contributed by atoms with Crippen LogP contribution in [0, 0.1) is 12.3 Å². The Kier molecular flexibility index (Phi) is 6.87. The van der Waals surface area contributed by atoms with Gasteiger partial charge in [0.25, 0.3) is 0 Å². The molecule has 0 spiro atoms. The van der Waals surface area contributed by atoms with Crippen molar-refractivity contribution in [3.63, 3.8) is 0 Å². The zero-order chi connectivity index (χ0) is 16.7. The first kappa shape index (κ1) is 17.8. The third-order valence-corrected chi connectivity index (χ3v) is 3.86. The largest absolute Gasteiger partial charge is 0.497 e. The summed E-state index contributed by atoms with van der Waals surface area (Å²) in [5.41, 5.74) is 1.05. The molecule has 2 rings (SSSR count). The molecule has 5 heteroatoms. The normalized spacial score (nSPS) is 26.9. The molecule has 1 heterocycles. The molecule has 4 atom stereocenters. The summed E-state index contributed by atoms with van der Waals surface area (Å²) in [6.45, 7) is 2.71. The Labute approximate surface area is 137 Å². The van der Waals surface area contributed by atoms with Crippen LogP contribution in [0.2, 0.25) is 0 Å². The predicted molar refractivity (Wildman–Crippen MR) is 86.1 cm³/mol. The molecule has 1 aliphatic heterocycles. The molecule has 0 amide bonds. The van der Waals surface area contributed by atoms with E-state index in [0.29, 0.717) is 6.61 Å². The molecule has 1 aromatic carbocycles. The summed E-state index contributed by atoms with van der Waals surface area (Å²) in [4.78, 5) is 0. The zero-order valence-electron chi connectivity index (χ0n) is 13.9. The molecule has 5 nitrogen and oxygen atoms in total. The highest BCUT2D eigenvalue weighted by Gasteiger charge is 2.45. The number of hydrogen-bond donors (Lipinski definition) is 0. The van der Waals surface area contributed by atoms with Crippen molar-refractivity contribution >= 4 is 0 Å². The van der Waals surface area contributed by atoms with E-state index in [1.54, 1.807) is 14.2 Å². The van der Waals surface area contributed by atoms with Crippen molar-refractivity contribution in [2.75, 3.05) is 20.8 Å². The molecule has 0 unspecified atom stereocenters. The molecule has 0 aliphatic carbocycles. The van der Waals surface area contributed by atoms with E-state index >= 15 is 0 Å². The summed E-state index contributed by atoms with van der Waals surface area (Å²) in [5, 5.41) is 0. The zero-order valence-corrected chi connectivity index (χ0v) is 13.9. The lowest BCUT2D eigenvalue weighted by Crippen LogP contribution is -2.38. The fraction of sp³-hybridized carbons (Fsp3) is 0.556. The Morgan fingerprint density at radius 3 is 2.43 bits per heavy atom.